The number of hydrogen-bond acceptors (Lipinski definition) is 7. The van der Waals surface area contributed by atoms with Crippen molar-refractivity contribution in [2.24, 2.45) is 17.3 Å². The van der Waals surface area contributed by atoms with Gasteiger partial charge in [-0.3, -0.25) is 19.2 Å². The molecule has 1 aliphatic heterocycles. The maximum Gasteiger partial charge on any atom is 0.315 e. The van der Waals surface area contributed by atoms with Crippen LogP contribution in [0.1, 0.15) is 112 Å². The fourth-order valence-electron chi connectivity index (χ4n) is 7.54. The lowest BCUT2D eigenvalue weighted by Gasteiger charge is -2.43. The standard InChI is InChI=1S/C35H57N5O7S/c1-8-18-36-28(42)26(41)25(19-23-12-13-23)37-30(44)35-17-14-24(20-35)21-40(35)29(43)27(32(2,3)4)38-31(45)39-34(15-10-9-11-16-34)22-48(46,47)33(5,6)7/h8,23-25,27H,1,9-22H2,2-7H3,(H,36,42)(H,37,44)(H2,38,39,45)/t24?,25?,27-,35?/m1/s1. The summed E-state index contributed by atoms with van der Waals surface area (Å²) < 4.78 is 25.6. The Hall–Kier alpha value is -2.96. The van der Waals surface area contributed by atoms with Gasteiger partial charge in [0.1, 0.15) is 11.6 Å². The molecule has 4 rings (SSSR count). The van der Waals surface area contributed by atoms with E-state index in [0.717, 1.165) is 38.5 Å². The second-order valence-corrected chi connectivity index (χ2v) is 19.5. The van der Waals surface area contributed by atoms with E-state index in [4.69, 9.17) is 0 Å². The number of carbonyl (C=O) groups is 5. The third-order valence-electron chi connectivity index (χ3n) is 10.7. The lowest BCUT2D eigenvalue weighted by molar-refractivity contribution is -0.150. The molecule has 5 amide bonds. The van der Waals surface area contributed by atoms with Crippen molar-refractivity contribution in [1.29, 1.82) is 0 Å². The number of likely N-dealkylation sites (tertiary alicyclic amines) is 1. The summed E-state index contributed by atoms with van der Waals surface area (Å²) in [6, 6.07) is -2.63. The van der Waals surface area contributed by atoms with Crippen LogP contribution < -0.4 is 21.3 Å². The topological polar surface area (TPSA) is 171 Å². The number of rotatable bonds is 13. The summed E-state index contributed by atoms with van der Waals surface area (Å²) in [5.74, 6) is -2.18. The molecule has 0 spiro atoms. The maximum absolute atomic E-state index is 14.5. The number of nitrogens with zero attached hydrogens (tertiary/aromatic N) is 1. The Balaban J connectivity index is 1.54. The summed E-state index contributed by atoms with van der Waals surface area (Å²) in [6.07, 6.45) is 8.86. The highest BCUT2D eigenvalue weighted by Crippen LogP contribution is 2.48. The van der Waals surface area contributed by atoms with E-state index in [1.54, 1.807) is 25.7 Å². The lowest BCUT2D eigenvalue weighted by Crippen LogP contribution is -2.66. The molecule has 0 aromatic rings. The highest BCUT2D eigenvalue weighted by molar-refractivity contribution is 7.92. The van der Waals surface area contributed by atoms with E-state index in [1.807, 2.05) is 20.8 Å². The number of Topliss-reactive ketones (excluding diaryl/α,β-unsaturated/α-hetero) is 1. The van der Waals surface area contributed by atoms with Gasteiger partial charge in [0.25, 0.3) is 5.91 Å². The Bertz CT molecular complexity index is 1390. The van der Waals surface area contributed by atoms with Crippen LogP contribution in [0.2, 0.25) is 0 Å². The maximum atomic E-state index is 14.5. The lowest BCUT2D eigenvalue weighted by atomic mass is 9.82. The van der Waals surface area contributed by atoms with Gasteiger partial charge in [0.15, 0.2) is 9.84 Å². The summed E-state index contributed by atoms with van der Waals surface area (Å²) in [7, 11) is -3.56. The Morgan fingerprint density at radius 2 is 1.58 bits per heavy atom. The minimum atomic E-state index is -3.56. The first kappa shape index (κ1) is 37.9. The number of fused-ring (bicyclic) bond motifs is 2. The van der Waals surface area contributed by atoms with Crippen LogP contribution in [0.25, 0.3) is 0 Å². The summed E-state index contributed by atoms with van der Waals surface area (Å²) >= 11 is 0. The van der Waals surface area contributed by atoms with Gasteiger partial charge in [-0.2, -0.15) is 0 Å². The molecular weight excluding hydrogens is 634 g/mol. The third kappa shape index (κ3) is 8.42. The van der Waals surface area contributed by atoms with Crippen molar-refractivity contribution in [2.45, 2.75) is 140 Å². The molecular formula is C35H57N5O7S. The first-order valence-electron chi connectivity index (χ1n) is 17.6. The Kier molecular flexibility index (Phi) is 11.1. The normalized spacial score (nSPS) is 25.0. The Morgan fingerprint density at radius 1 is 0.938 bits per heavy atom. The Labute approximate surface area is 286 Å². The van der Waals surface area contributed by atoms with Gasteiger partial charge >= 0.3 is 6.03 Å². The zero-order valence-corrected chi connectivity index (χ0v) is 30.5. The predicted octanol–water partition coefficient (Wildman–Crippen LogP) is 3.15. The van der Waals surface area contributed by atoms with Crippen molar-refractivity contribution in [2.75, 3.05) is 18.8 Å². The van der Waals surface area contributed by atoms with Gasteiger partial charge in [0.05, 0.1) is 22.1 Å². The number of piperidine rings is 1. The zero-order valence-electron chi connectivity index (χ0n) is 29.7. The monoisotopic (exact) mass is 691 g/mol. The molecule has 3 saturated carbocycles. The molecule has 12 nitrogen and oxygen atoms in total. The van der Waals surface area contributed by atoms with Crippen LogP contribution in [0.5, 0.6) is 0 Å². The fourth-order valence-corrected chi connectivity index (χ4v) is 9.06. The van der Waals surface area contributed by atoms with Crippen LogP contribution in [0.15, 0.2) is 12.7 Å². The molecule has 4 aliphatic rings. The van der Waals surface area contributed by atoms with Crippen molar-refractivity contribution in [3.05, 3.63) is 12.7 Å². The average molecular weight is 692 g/mol. The van der Waals surface area contributed by atoms with Gasteiger partial charge in [0, 0.05) is 13.1 Å². The first-order valence-corrected chi connectivity index (χ1v) is 19.3. The molecule has 4 N–H and O–H groups in total. The largest absolute Gasteiger partial charge is 0.346 e. The van der Waals surface area contributed by atoms with Gasteiger partial charge < -0.3 is 26.2 Å². The minimum Gasteiger partial charge on any atom is -0.346 e. The van der Waals surface area contributed by atoms with Gasteiger partial charge in [-0.15, -0.1) is 6.58 Å². The van der Waals surface area contributed by atoms with Crippen molar-refractivity contribution in [3.8, 4) is 0 Å². The molecule has 270 valence electrons. The van der Waals surface area contributed by atoms with Crippen LogP contribution >= 0.6 is 0 Å². The highest BCUT2D eigenvalue weighted by atomic mass is 32.2. The Morgan fingerprint density at radius 3 is 2.12 bits per heavy atom. The molecule has 4 fully saturated rings. The molecule has 4 atom stereocenters. The van der Waals surface area contributed by atoms with Crippen molar-refractivity contribution < 1.29 is 32.4 Å². The van der Waals surface area contributed by atoms with E-state index in [-0.39, 0.29) is 24.1 Å². The minimum absolute atomic E-state index is 0.0933. The number of urea groups is 1. The fraction of sp³-hybridized carbons (Fsp3) is 0.800. The number of carbonyl (C=O) groups excluding carboxylic acids is 5. The number of nitrogens with one attached hydrogen (secondary N) is 4. The van der Waals surface area contributed by atoms with Crippen LogP contribution in [0.3, 0.4) is 0 Å². The predicted molar refractivity (Wildman–Crippen MR) is 184 cm³/mol. The van der Waals surface area contributed by atoms with Gasteiger partial charge in [-0.05, 0) is 76.5 Å². The summed E-state index contributed by atoms with van der Waals surface area (Å²) in [5.41, 5.74) is -2.90. The number of ketones is 1. The summed E-state index contributed by atoms with van der Waals surface area (Å²) in [4.78, 5) is 69.6. The average Bonchev–Trinajstić information content (AvgIpc) is 3.59. The number of amides is 5. The van der Waals surface area contributed by atoms with Crippen molar-refractivity contribution in [1.82, 2.24) is 26.2 Å². The molecule has 13 heteroatoms. The molecule has 0 radical (unpaired) electrons. The molecule has 48 heavy (non-hydrogen) atoms. The first-order chi connectivity index (χ1) is 22.2. The van der Waals surface area contributed by atoms with E-state index in [0.29, 0.717) is 38.6 Å². The van der Waals surface area contributed by atoms with E-state index in [1.165, 1.54) is 6.08 Å². The molecule has 0 aromatic heterocycles. The zero-order chi connectivity index (χ0) is 35.7. The van der Waals surface area contributed by atoms with Gasteiger partial charge in [0.2, 0.25) is 17.6 Å². The van der Waals surface area contributed by atoms with E-state index >= 15 is 0 Å². The van der Waals surface area contributed by atoms with Crippen LogP contribution in [0.4, 0.5) is 4.79 Å². The van der Waals surface area contributed by atoms with Crippen LogP contribution in [-0.4, -0.2) is 89.6 Å². The molecule has 0 aromatic carbocycles. The van der Waals surface area contributed by atoms with Gasteiger partial charge in [-0.25, -0.2) is 13.2 Å². The van der Waals surface area contributed by atoms with Gasteiger partial charge in [-0.1, -0.05) is 59.0 Å². The molecule has 1 saturated heterocycles. The number of sulfone groups is 1. The van der Waals surface area contributed by atoms with Crippen molar-refractivity contribution in [3.63, 3.8) is 0 Å². The highest BCUT2D eigenvalue weighted by Gasteiger charge is 2.59. The third-order valence-corrected chi connectivity index (χ3v) is 13.5. The molecule has 3 unspecified atom stereocenters. The van der Waals surface area contributed by atoms with E-state index in [9.17, 15) is 32.4 Å². The number of hydrogen-bond donors (Lipinski definition) is 4. The van der Waals surface area contributed by atoms with E-state index in [2.05, 4.69) is 27.8 Å². The quantitative estimate of drug-likeness (QED) is 0.170. The van der Waals surface area contributed by atoms with Crippen LogP contribution in [-0.2, 0) is 29.0 Å². The second-order valence-electron chi connectivity index (χ2n) is 16.8. The molecule has 2 bridgehead atoms. The summed E-state index contributed by atoms with van der Waals surface area (Å²) in [6.45, 7) is 14.5. The molecule has 3 aliphatic carbocycles. The second kappa shape index (κ2) is 14.1. The molecule has 1 heterocycles. The SMILES string of the molecule is C=CCNC(=O)C(=O)C(CC1CC1)NC(=O)C12CCC(CN1C(=O)[C@@H](NC(=O)NC1(CS(=O)(=O)C(C)(C)C)CCCCC1)C(C)(C)C)C2. The van der Waals surface area contributed by atoms with Crippen LogP contribution in [0, 0.1) is 17.3 Å². The summed E-state index contributed by atoms with van der Waals surface area (Å²) in [5, 5.41) is 11.3. The van der Waals surface area contributed by atoms with Crippen molar-refractivity contribution >= 4 is 39.4 Å². The van der Waals surface area contributed by atoms with E-state index < -0.39 is 72.7 Å². The smallest absolute Gasteiger partial charge is 0.315 e.